The summed E-state index contributed by atoms with van der Waals surface area (Å²) in [5.41, 5.74) is 0.0934. The Labute approximate surface area is 102 Å². The van der Waals surface area contributed by atoms with Crippen molar-refractivity contribution in [3.05, 3.63) is 29.8 Å². The Bertz CT molecular complexity index is 389. The highest BCUT2D eigenvalue weighted by atomic mass is 19.4. The molecule has 6 heteroatoms. The Kier molecular flexibility index (Phi) is 4.93. The van der Waals surface area contributed by atoms with Crippen LogP contribution < -0.4 is 5.32 Å². The van der Waals surface area contributed by atoms with E-state index in [1.165, 1.54) is 6.07 Å². The van der Waals surface area contributed by atoms with Gasteiger partial charge in [-0.15, -0.1) is 0 Å². The fraction of sp³-hybridized carbons (Fsp3) is 0.500. The highest BCUT2D eigenvalue weighted by molar-refractivity contribution is 5.45. The third-order valence-corrected chi connectivity index (χ3v) is 2.43. The number of anilines is 1. The van der Waals surface area contributed by atoms with Crippen LogP contribution in [0.25, 0.3) is 0 Å². The summed E-state index contributed by atoms with van der Waals surface area (Å²) >= 11 is 0. The van der Waals surface area contributed by atoms with Crippen molar-refractivity contribution in [3.8, 4) is 0 Å². The van der Waals surface area contributed by atoms with E-state index in [1.54, 1.807) is 6.92 Å². The van der Waals surface area contributed by atoms with E-state index in [0.29, 0.717) is 0 Å². The van der Waals surface area contributed by atoms with Crippen molar-refractivity contribution in [2.45, 2.75) is 38.4 Å². The van der Waals surface area contributed by atoms with Crippen molar-refractivity contribution in [3.63, 3.8) is 0 Å². The molecule has 0 radical (unpaired) electrons. The highest BCUT2D eigenvalue weighted by Crippen LogP contribution is 2.23. The standard InChI is InChI=1S/C12H14F5N/c1-8(3-2-6-12(15,16)17)18-11-5-4-9(13)7-10(11)14/h4-5,7-8,18H,2-3,6H2,1H3. The van der Waals surface area contributed by atoms with Gasteiger partial charge >= 0.3 is 6.18 Å². The average molecular weight is 267 g/mol. The number of nitrogens with one attached hydrogen (secondary N) is 1. The van der Waals surface area contributed by atoms with Gasteiger partial charge in [0.2, 0.25) is 0 Å². The van der Waals surface area contributed by atoms with Crippen LogP contribution in [0.3, 0.4) is 0 Å². The van der Waals surface area contributed by atoms with Crippen molar-refractivity contribution in [1.82, 2.24) is 0 Å². The summed E-state index contributed by atoms with van der Waals surface area (Å²) in [6.07, 6.45) is -4.79. The van der Waals surface area contributed by atoms with Gasteiger partial charge in [-0.3, -0.25) is 0 Å². The molecule has 0 bridgehead atoms. The van der Waals surface area contributed by atoms with Crippen LogP contribution in [-0.2, 0) is 0 Å². The van der Waals surface area contributed by atoms with Gasteiger partial charge in [0.25, 0.3) is 0 Å². The van der Waals surface area contributed by atoms with E-state index in [1.807, 2.05) is 0 Å². The number of hydrogen-bond acceptors (Lipinski definition) is 1. The molecule has 0 aliphatic rings. The maximum absolute atomic E-state index is 13.2. The van der Waals surface area contributed by atoms with Crippen LogP contribution in [0.15, 0.2) is 18.2 Å². The Hall–Kier alpha value is -1.33. The summed E-state index contributed by atoms with van der Waals surface area (Å²) in [5, 5.41) is 2.71. The summed E-state index contributed by atoms with van der Waals surface area (Å²) in [5.74, 6) is -1.44. The number of halogens is 5. The predicted molar refractivity (Wildman–Crippen MR) is 59.3 cm³/mol. The molecule has 0 saturated carbocycles. The lowest BCUT2D eigenvalue weighted by Gasteiger charge is -2.16. The van der Waals surface area contributed by atoms with Crippen molar-refractivity contribution in [2.24, 2.45) is 0 Å². The smallest absolute Gasteiger partial charge is 0.380 e. The van der Waals surface area contributed by atoms with E-state index in [4.69, 9.17) is 0 Å². The van der Waals surface area contributed by atoms with E-state index < -0.39 is 24.2 Å². The molecule has 1 atom stereocenters. The molecule has 0 saturated heterocycles. The van der Waals surface area contributed by atoms with E-state index >= 15 is 0 Å². The van der Waals surface area contributed by atoms with Gasteiger partial charge in [-0.1, -0.05) is 0 Å². The molecule has 1 aromatic carbocycles. The van der Waals surface area contributed by atoms with Gasteiger partial charge in [-0.2, -0.15) is 13.2 Å². The number of rotatable bonds is 5. The molecule has 1 N–H and O–H groups in total. The zero-order chi connectivity index (χ0) is 13.8. The molecule has 0 heterocycles. The number of hydrogen-bond donors (Lipinski definition) is 1. The molecule has 1 unspecified atom stereocenters. The number of benzene rings is 1. The lowest BCUT2D eigenvalue weighted by atomic mass is 10.1. The Morgan fingerprint density at radius 3 is 2.44 bits per heavy atom. The van der Waals surface area contributed by atoms with E-state index in [-0.39, 0.29) is 24.6 Å². The minimum absolute atomic E-state index is 0.0273. The lowest BCUT2D eigenvalue weighted by Crippen LogP contribution is -2.17. The molecule has 18 heavy (non-hydrogen) atoms. The largest absolute Gasteiger partial charge is 0.389 e. The van der Waals surface area contributed by atoms with Crippen molar-refractivity contribution >= 4 is 5.69 Å². The maximum Gasteiger partial charge on any atom is 0.389 e. The zero-order valence-electron chi connectivity index (χ0n) is 9.82. The van der Waals surface area contributed by atoms with Crippen LogP contribution in [0.5, 0.6) is 0 Å². The summed E-state index contributed by atoms with van der Waals surface area (Å²) in [7, 11) is 0. The van der Waals surface area contributed by atoms with Crippen LogP contribution in [0.4, 0.5) is 27.6 Å². The first-order valence-corrected chi connectivity index (χ1v) is 5.56. The Morgan fingerprint density at radius 1 is 1.22 bits per heavy atom. The molecule has 0 fully saturated rings. The van der Waals surface area contributed by atoms with Gasteiger partial charge in [-0.05, 0) is 31.9 Å². The predicted octanol–water partition coefficient (Wildman–Crippen LogP) is 4.50. The Balaban J connectivity index is 2.42. The molecular weight excluding hydrogens is 253 g/mol. The summed E-state index contributed by atoms with van der Waals surface area (Å²) in [6, 6.07) is 2.73. The summed E-state index contributed by atoms with van der Waals surface area (Å²) in [6.45, 7) is 1.65. The van der Waals surface area contributed by atoms with Gasteiger partial charge in [0.05, 0.1) is 5.69 Å². The molecule has 0 aromatic heterocycles. The van der Waals surface area contributed by atoms with Crippen LogP contribution in [-0.4, -0.2) is 12.2 Å². The molecule has 0 amide bonds. The minimum Gasteiger partial charge on any atom is -0.380 e. The first-order chi connectivity index (χ1) is 8.28. The second kappa shape index (κ2) is 6.02. The Morgan fingerprint density at radius 2 is 1.89 bits per heavy atom. The lowest BCUT2D eigenvalue weighted by molar-refractivity contribution is -0.135. The minimum atomic E-state index is -4.17. The summed E-state index contributed by atoms with van der Waals surface area (Å²) in [4.78, 5) is 0. The van der Waals surface area contributed by atoms with Gasteiger partial charge in [0.15, 0.2) is 0 Å². The molecule has 1 nitrogen and oxygen atoms in total. The van der Waals surface area contributed by atoms with E-state index in [2.05, 4.69) is 5.32 Å². The van der Waals surface area contributed by atoms with Gasteiger partial charge < -0.3 is 5.32 Å². The fourth-order valence-corrected chi connectivity index (χ4v) is 1.55. The van der Waals surface area contributed by atoms with Crippen molar-refractivity contribution < 1.29 is 22.0 Å². The normalized spacial score (nSPS) is 13.4. The zero-order valence-corrected chi connectivity index (χ0v) is 9.82. The molecule has 0 aliphatic carbocycles. The van der Waals surface area contributed by atoms with Gasteiger partial charge in [0, 0.05) is 18.5 Å². The van der Waals surface area contributed by atoms with E-state index in [0.717, 1.165) is 12.1 Å². The number of alkyl halides is 3. The topological polar surface area (TPSA) is 12.0 Å². The monoisotopic (exact) mass is 267 g/mol. The maximum atomic E-state index is 13.2. The van der Waals surface area contributed by atoms with Crippen LogP contribution in [0.2, 0.25) is 0 Å². The quantitative estimate of drug-likeness (QED) is 0.774. The second-order valence-corrected chi connectivity index (χ2v) is 4.18. The highest BCUT2D eigenvalue weighted by Gasteiger charge is 2.26. The molecule has 1 aromatic rings. The van der Waals surface area contributed by atoms with E-state index in [9.17, 15) is 22.0 Å². The van der Waals surface area contributed by atoms with Crippen molar-refractivity contribution in [1.29, 1.82) is 0 Å². The SMILES string of the molecule is CC(CCCC(F)(F)F)Nc1ccc(F)cc1F. The van der Waals surface area contributed by atoms with Crippen LogP contribution in [0, 0.1) is 11.6 Å². The molecule has 0 aliphatic heterocycles. The molecule has 1 rings (SSSR count). The van der Waals surface area contributed by atoms with Gasteiger partial charge in [0.1, 0.15) is 11.6 Å². The first kappa shape index (κ1) is 14.7. The molecule has 0 spiro atoms. The van der Waals surface area contributed by atoms with Crippen molar-refractivity contribution in [2.75, 3.05) is 5.32 Å². The molecular formula is C12H14F5N. The molecule has 102 valence electrons. The third kappa shape index (κ3) is 5.33. The van der Waals surface area contributed by atoms with Crippen LogP contribution in [0.1, 0.15) is 26.2 Å². The fourth-order valence-electron chi connectivity index (χ4n) is 1.55. The van der Waals surface area contributed by atoms with Crippen LogP contribution >= 0.6 is 0 Å². The average Bonchev–Trinajstić information content (AvgIpc) is 2.20. The summed E-state index contributed by atoms with van der Waals surface area (Å²) < 4.78 is 61.6. The third-order valence-electron chi connectivity index (χ3n) is 2.43. The first-order valence-electron chi connectivity index (χ1n) is 5.56. The second-order valence-electron chi connectivity index (χ2n) is 4.18. The van der Waals surface area contributed by atoms with Gasteiger partial charge in [-0.25, -0.2) is 8.78 Å².